The Hall–Kier alpha value is -2.48. The molecule has 0 radical (unpaired) electrons. The second-order valence-corrected chi connectivity index (χ2v) is 4.97. The molecule has 0 saturated heterocycles. The Morgan fingerprint density at radius 3 is 2.71 bits per heavy atom. The molecule has 0 saturated carbocycles. The smallest absolute Gasteiger partial charge is 0.335 e. The van der Waals surface area contributed by atoms with Gasteiger partial charge in [0.1, 0.15) is 11.9 Å². The molecule has 108 valence electrons. The largest absolute Gasteiger partial charge is 0.478 e. The van der Waals surface area contributed by atoms with Crippen molar-refractivity contribution in [1.29, 1.82) is 0 Å². The van der Waals surface area contributed by atoms with Crippen LogP contribution in [0.15, 0.2) is 35.1 Å². The zero-order valence-corrected chi connectivity index (χ0v) is 12.3. The number of ether oxygens (including phenoxy) is 1. The lowest BCUT2D eigenvalue weighted by atomic mass is 10.1. The first kappa shape index (κ1) is 14.9. The number of aromatic carboxylic acids is 1. The molecule has 0 unspecified atom stereocenters. The van der Waals surface area contributed by atoms with Crippen molar-refractivity contribution < 1.29 is 19.6 Å². The molecular weight excluding hydrogens is 344 g/mol. The highest BCUT2D eigenvalue weighted by molar-refractivity contribution is 9.10. The van der Waals surface area contributed by atoms with Gasteiger partial charge >= 0.3 is 11.7 Å². The van der Waals surface area contributed by atoms with Crippen molar-refractivity contribution in [1.82, 2.24) is 4.98 Å². The number of carboxylic acids is 1. The van der Waals surface area contributed by atoms with Crippen molar-refractivity contribution in [3.05, 3.63) is 56.3 Å². The van der Waals surface area contributed by atoms with E-state index in [1.54, 1.807) is 6.92 Å². The van der Waals surface area contributed by atoms with Gasteiger partial charge in [0.15, 0.2) is 0 Å². The fraction of sp³-hybridized carbons (Fsp3) is 0.0769. The number of hydrogen-bond acceptors (Lipinski definition) is 5. The first-order valence-electron chi connectivity index (χ1n) is 5.70. The van der Waals surface area contributed by atoms with Gasteiger partial charge in [-0.2, -0.15) is 0 Å². The van der Waals surface area contributed by atoms with E-state index in [1.165, 1.54) is 24.4 Å². The minimum atomic E-state index is -1.05. The molecule has 1 aromatic carbocycles. The maximum Gasteiger partial charge on any atom is 0.335 e. The Balaban J connectivity index is 2.44. The number of benzene rings is 1. The number of nitrogens with zero attached hydrogens (tertiary/aromatic N) is 2. The van der Waals surface area contributed by atoms with Crippen LogP contribution in [-0.4, -0.2) is 21.0 Å². The van der Waals surface area contributed by atoms with Crippen molar-refractivity contribution in [3.63, 3.8) is 0 Å². The van der Waals surface area contributed by atoms with Crippen LogP contribution in [0, 0.1) is 17.0 Å². The molecule has 0 fully saturated rings. The number of carbonyl (C=O) groups is 1. The summed E-state index contributed by atoms with van der Waals surface area (Å²) in [5, 5.41) is 19.9. The van der Waals surface area contributed by atoms with E-state index in [2.05, 4.69) is 20.9 Å². The van der Waals surface area contributed by atoms with Crippen LogP contribution >= 0.6 is 15.9 Å². The van der Waals surface area contributed by atoms with E-state index in [0.717, 1.165) is 6.20 Å². The summed E-state index contributed by atoms with van der Waals surface area (Å²) in [6.07, 6.45) is 2.46. The van der Waals surface area contributed by atoms with Crippen molar-refractivity contribution in [2.75, 3.05) is 0 Å². The predicted molar refractivity (Wildman–Crippen MR) is 76.8 cm³/mol. The lowest BCUT2D eigenvalue weighted by Crippen LogP contribution is -1.99. The van der Waals surface area contributed by atoms with Gasteiger partial charge in [-0.05, 0) is 46.6 Å². The van der Waals surface area contributed by atoms with Crippen molar-refractivity contribution in [3.8, 4) is 11.5 Å². The van der Waals surface area contributed by atoms with Gasteiger partial charge in [-0.1, -0.05) is 0 Å². The number of pyridine rings is 1. The van der Waals surface area contributed by atoms with Gasteiger partial charge in [-0.25, -0.2) is 4.79 Å². The number of halogens is 1. The summed E-state index contributed by atoms with van der Waals surface area (Å²) < 4.78 is 5.88. The van der Waals surface area contributed by atoms with Crippen LogP contribution in [0.1, 0.15) is 15.9 Å². The molecule has 7 nitrogen and oxygen atoms in total. The molecule has 1 aromatic heterocycles. The predicted octanol–water partition coefficient (Wildman–Crippen LogP) is 3.55. The van der Waals surface area contributed by atoms with E-state index in [-0.39, 0.29) is 17.0 Å². The number of rotatable bonds is 4. The van der Waals surface area contributed by atoms with Crippen LogP contribution < -0.4 is 4.74 Å². The molecular formula is C13H9BrN2O5. The summed E-state index contributed by atoms with van der Waals surface area (Å²) in [4.78, 5) is 25.0. The highest BCUT2D eigenvalue weighted by Gasteiger charge is 2.20. The average Bonchev–Trinajstić information content (AvgIpc) is 2.42. The molecule has 0 aliphatic rings. The van der Waals surface area contributed by atoms with Crippen molar-refractivity contribution in [2.24, 2.45) is 0 Å². The number of carboxylic acid groups (broad SMARTS) is 1. The molecule has 0 spiro atoms. The van der Waals surface area contributed by atoms with Crippen molar-refractivity contribution in [2.45, 2.75) is 6.92 Å². The molecule has 1 N–H and O–H groups in total. The summed E-state index contributed by atoms with van der Waals surface area (Å²) in [6, 6.07) is 4.25. The van der Waals surface area contributed by atoms with E-state index < -0.39 is 10.9 Å². The van der Waals surface area contributed by atoms with Gasteiger partial charge in [0.2, 0.25) is 5.75 Å². The highest BCUT2D eigenvalue weighted by atomic mass is 79.9. The van der Waals surface area contributed by atoms with Gasteiger partial charge in [-0.3, -0.25) is 15.1 Å². The second-order valence-electron chi connectivity index (χ2n) is 4.11. The van der Waals surface area contributed by atoms with E-state index in [4.69, 9.17) is 9.84 Å². The fourth-order valence-corrected chi connectivity index (χ4v) is 2.05. The summed E-state index contributed by atoms with van der Waals surface area (Å²) in [5.41, 5.74) is 0.377. The minimum absolute atomic E-state index is 0.0150. The van der Waals surface area contributed by atoms with Crippen LogP contribution in [0.2, 0.25) is 0 Å². The third-order valence-electron chi connectivity index (χ3n) is 2.66. The van der Waals surface area contributed by atoms with E-state index >= 15 is 0 Å². The molecule has 2 aromatic rings. The van der Waals surface area contributed by atoms with Crippen LogP contribution in [0.4, 0.5) is 5.69 Å². The van der Waals surface area contributed by atoms with Crippen LogP contribution in [0.5, 0.6) is 11.5 Å². The third kappa shape index (κ3) is 3.16. The fourth-order valence-electron chi connectivity index (χ4n) is 1.65. The van der Waals surface area contributed by atoms with Gasteiger partial charge in [0.25, 0.3) is 0 Å². The van der Waals surface area contributed by atoms with Gasteiger partial charge in [0.05, 0.1) is 15.0 Å². The lowest BCUT2D eigenvalue weighted by molar-refractivity contribution is -0.386. The Morgan fingerprint density at radius 1 is 1.43 bits per heavy atom. The van der Waals surface area contributed by atoms with Crippen molar-refractivity contribution >= 4 is 27.6 Å². The Kier molecular flexibility index (Phi) is 4.18. The van der Waals surface area contributed by atoms with Gasteiger partial charge in [-0.15, -0.1) is 0 Å². The van der Waals surface area contributed by atoms with E-state index in [9.17, 15) is 14.9 Å². The summed E-state index contributed by atoms with van der Waals surface area (Å²) in [7, 11) is 0. The standard InChI is InChI=1S/C13H9BrN2O5/c1-7-4-8(13(17)18)2-3-11(7)21-12-9(14)5-15-6-10(12)16(19)20/h2-6H,1H3,(H,17,18). The number of hydrogen-bond donors (Lipinski definition) is 1. The first-order valence-corrected chi connectivity index (χ1v) is 6.49. The topological polar surface area (TPSA) is 103 Å². The first-order chi connectivity index (χ1) is 9.90. The molecule has 0 amide bonds. The number of aromatic nitrogens is 1. The Bertz CT molecular complexity index is 732. The van der Waals surface area contributed by atoms with Crippen LogP contribution in [-0.2, 0) is 0 Å². The molecule has 8 heteroatoms. The normalized spacial score (nSPS) is 10.2. The molecule has 2 rings (SSSR count). The monoisotopic (exact) mass is 352 g/mol. The van der Waals surface area contributed by atoms with E-state index in [0.29, 0.717) is 15.8 Å². The second kappa shape index (κ2) is 5.88. The summed E-state index contributed by atoms with van der Waals surface area (Å²) >= 11 is 3.15. The number of nitro groups is 1. The lowest BCUT2D eigenvalue weighted by Gasteiger charge is -2.10. The Labute approximate surface area is 127 Å². The van der Waals surface area contributed by atoms with Crippen LogP contribution in [0.3, 0.4) is 0 Å². The summed E-state index contributed by atoms with van der Waals surface area (Å²) in [5.74, 6) is -0.711. The van der Waals surface area contributed by atoms with Crippen LogP contribution in [0.25, 0.3) is 0 Å². The maximum absolute atomic E-state index is 11.0. The molecule has 0 aliphatic carbocycles. The van der Waals surface area contributed by atoms with Gasteiger partial charge in [0, 0.05) is 6.20 Å². The quantitative estimate of drug-likeness (QED) is 0.666. The average molecular weight is 353 g/mol. The zero-order chi connectivity index (χ0) is 15.6. The maximum atomic E-state index is 11.0. The van der Waals surface area contributed by atoms with E-state index in [1.807, 2.05) is 0 Å². The van der Waals surface area contributed by atoms with Gasteiger partial charge < -0.3 is 9.84 Å². The SMILES string of the molecule is Cc1cc(C(=O)O)ccc1Oc1c(Br)cncc1[N+](=O)[O-]. The minimum Gasteiger partial charge on any atom is -0.478 e. The third-order valence-corrected chi connectivity index (χ3v) is 3.23. The zero-order valence-electron chi connectivity index (χ0n) is 10.7. The Morgan fingerprint density at radius 2 is 2.14 bits per heavy atom. The number of aryl methyl sites for hydroxylation is 1. The molecule has 0 aliphatic heterocycles. The molecule has 0 atom stereocenters. The molecule has 1 heterocycles. The molecule has 0 bridgehead atoms. The molecule has 21 heavy (non-hydrogen) atoms. The summed E-state index contributed by atoms with van der Waals surface area (Å²) in [6.45, 7) is 1.66. The highest BCUT2D eigenvalue weighted by Crippen LogP contribution is 2.38.